The van der Waals surface area contributed by atoms with Gasteiger partial charge in [-0.2, -0.15) is 0 Å². The molecule has 3 heterocycles. The number of piperazine rings is 1. The van der Waals surface area contributed by atoms with E-state index in [1.807, 2.05) is 28.5 Å². The van der Waals surface area contributed by atoms with Gasteiger partial charge in [-0.3, -0.25) is 14.3 Å². The third kappa shape index (κ3) is 4.76. The van der Waals surface area contributed by atoms with Crippen molar-refractivity contribution in [3.63, 3.8) is 0 Å². The van der Waals surface area contributed by atoms with Crippen molar-refractivity contribution in [1.82, 2.24) is 24.6 Å². The topological polar surface area (TPSA) is 67.4 Å². The maximum Gasteiger partial charge on any atom is 0.233 e. The highest BCUT2D eigenvalue weighted by molar-refractivity contribution is 7.99. The molecule has 7 nitrogen and oxygen atoms in total. The summed E-state index contributed by atoms with van der Waals surface area (Å²) in [5.41, 5.74) is 2.62. The maximum atomic E-state index is 12.7. The van der Waals surface area contributed by atoms with Gasteiger partial charge in [-0.05, 0) is 31.5 Å². The van der Waals surface area contributed by atoms with Crippen molar-refractivity contribution < 1.29 is 9.21 Å². The van der Waals surface area contributed by atoms with Gasteiger partial charge >= 0.3 is 0 Å². The number of aromatic nitrogens is 3. The number of furan rings is 1. The minimum absolute atomic E-state index is 0.153. The van der Waals surface area contributed by atoms with Crippen molar-refractivity contribution in [3.05, 3.63) is 53.8 Å². The maximum absolute atomic E-state index is 12.7. The fraction of sp³-hybridized carbons (Fsp3) is 0.409. The van der Waals surface area contributed by atoms with Gasteiger partial charge in [0, 0.05) is 39.3 Å². The highest BCUT2D eigenvalue weighted by atomic mass is 32.2. The average molecular weight is 426 g/mol. The summed E-state index contributed by atoms with van der Waals surface area (Å²) in [6.07, 6.45) is 1.62. The van der Waals surface area contributed by atoms with Crippen molar-refractivity contribution in [2.45, 2.75) is 32.1 Å². The summed E-state index contributed by atoms with van der Waals surface area (Å²) in [6.45, 7) is 9.15. The third-order valence-electron chi connectivity index (χ3n) is 5.31. The summed E-state index contributed by atoms with van der Waals surface area (Å²) in [5, 5.41) is 9.25. The molecule has 0 radical (unpaired) electrons. The number of thioether (sulfide) groups is 1. The molecule has 1 saturated heterocycles. The Morgan fingerprint density at radius 3 is 2.67 bits per heavy atom. The minimum Gasteiger partial charge on any atom is -0.461 e. The molecule has 0 bridgehead atoms. The van der Waals surface area contributed by atoms with Gasteiger partial charge in [-0.25, -0.2) is 0 Å². The van der Waals surface area contributed by atoms with Crippen LogP contribution in [0.5, 0.6) is 0 Å². The Bertz CT molecular complexity index is 977. The van der Waals surface area contributed by atoms with Crippen LogP contribution in [-0.2, 0) is 17.9 Å². The lowest BCUT2D eigenvalue weighted by Crippen LogP contribution is -2.48. The fourth-order valence-electron chi connectivity index (χ4n) is 3.71. The molecule has 1 amide bonds. The van der Waals surface area contributed by atoms with Crippen molar-refractivity contribution in [2.24, 2.45) is 0 Å². The fourth-order valence-corrected chi connectivity index (χ4v) is 4.62. The van der Waals surface area contributed by atoms with Crippen molar-refractivity contribution in [1.29, 1.82) is 0 Å². The van der Waals surface area contributed by atoms with E-state index < -0.39 is 0 Å². The minimum atomic E-state index is 0.153. The largest absolute Gasteiger partial charge is 0.461 e. The van der Waals surface area contributed by atoms with Gasteiger partial charge in [0.2, 0.25) is 5.91 Å². The average Bonchev–Trinajstić information content (AvgIpc) is 3.42. The van der Waals surface area contributed by atoms with Crippen LogP contribution in [0.25, 0.3) is 11.6 Å². The molecule has 1 fully saturated rings. The Labute approximate surface area is 181 Å². The van der Waals surface area contributed by atoms with Crippen LogP contribution in [0, 0.1) is 6.92 Å². The monoisotopic (exact) mass is 425 g/mol. The molecule has 0 spiro atoms. The SMILES string of the molecule is CCn1c(SCC(=O)N2CCN(Cc3cccc(C)c3)CC2)nnc1-c1ccco1. The molecule has 8 heteroatoms. The quantitative estimate of drug-likeness (QED) is 0.541. The molecule has 0 atom stereocenters. The zero-order valence-corrected chi connectivity index (χ0v) is 18.3. The highest BCUT2D eigenvalue weighted by Crippen LogP contribution is 2.24. The van der Waals surface area contributed by atoms with Gasteiger partial charge in [0.25, 0.3) is 0 Å². The second-order valence-corrected chi connectivity index (χ2v) is 8.40. The first kappa shape index (κ1) is 20.7. The van der Waals surface area contributed by atoms with Crippen LogP contribution in [0.4, 0.5) is 0 Å². The van der Waals surface area contributed by atoms with Crippen molar-refractivity contribution in [3.8, 4) is 11.6 Å². The van der Waals surface area contributed by atoms with E-state index in [4.69, 9.17) is 4.42 Å². The summed E-state index contributed by atoms with van der Waals surface area (Å²) in [6, 6.07) is 12.3. The smallest absolute Gasteiger partial charge is 0.233 e. The van der Waals surface area contributed by atoms with E-state index in [1.54, 1.807) is 6.26 Å². The highest BCUT2D eigenvalue weighted by Gasteiger charge is 2.22. The third-order valence-corrected chi connectivity index (χ3v) is 6.26. The number of carbonyl (C=O) groups excluding carboxylic acids is 1. The zero-order valence-electron chi connectivity index (χ0n) is 17.5. The van der Waals surface area contributed by atoms with Gasteiger partial charge < -0.3 is 9.32 Å². The lowest BCUT2D eigenvalue weighted by Gasteiger charge is -2.34. The van der Waals surface area contributed by atoms with Gasteiger partial charge in [0.1, 0.15) is 0 Å². The van der Waals surface area contributed by atoms with Gasteiger partial charge in [-0.15, -0.1) is 10.2 Å². The van der Waals surface area contributed by atoms with Gasteiger partial charge in [-0.1, -0.05) is 41.6 Å². The predicted molar refractivity (Wildman–Crippen MR) is 117 cm³/mol. The number of benzene rings is 1. The summed E-state index contributed by atoms with van der Waals surface area (Å²) in [4.78, 5) is 17.1. The van der Waals surface area contributed by atoms with Crippen molar-refractivity contribution >= 4 is 17.7 Å². The molecule has 3 aromatic rings. The number of aryl methyl sites for hydroxylation is 1. The number of nitrogens with zero attached hydrogens (tertiary/aromatic N) is 5. The summed E-state index contributed by atoms with van der Waals surface area (Å²) in [5.74, 6) is 1.91. The molecule has 0 saturated carbocycles. The normalized spacial score (nSPS) is 14.9. The van der Waals surface area contributed by atoms with Crippen LogP contribution in [0.1, 0.15) is 18.1 Å². The predicted octanol–water partition coefficient (Wildman–Crippen LogP) is 3.30. The number of carbonyl (C=O) groups is 1. The van der Waals surface area contributed by atoms with Gasteiger partial charge in [0.05, 0.1) is 12.0 Å². The second-order valence-electron chi connectivity index (χ2n) is 7.46. The molecule has 0 aliphatic carbocycles. The second kappa shape index (κ2) is 9.49. The molecule has 0 N–H and O–H groups in total. The van der Waals surface area contributed by atoms with Crippen LogP contribution in [0.2, 0.25) is 0 Å². The zero-order chi connectivity index (χ0) is 20.9. The molecule has 30 heavy (non-hydrogen) atoms. The number of amides is 1. The van der Waals surface area contributed by atoms with Crippen LogP contribution in [0.3, 0.4) is 0 Å². The Hall–Kier alpha value is -2.58. The first-order valence-electron chi connectivity index (χ1n) is 10.3. The lowest BCUT2D eigenvalue weighted by atomic mass is 10.1. The van der Waals surface area contributed by atoms with E-state index in [0.717, 1.165) is 44.4 Å². The van der Waals surface area contributed by atoms with Crippen LogP contribution < -0.4 is 0 Å². The summed E-state index contributed by atoms with van der Waals surface area (Å²) >= 11 is 1.44. The van der Waals surface area contributed by atoms with Crippen LogP contribution in [-0.4, -0.2) is 62.4 Å². The van der Waals surface area contributed by atoms with E-state index >= 15 is 0 Å². The van der Waals surface area contributed by atoms with E-state index in [1.165, 1.54) is 22.9 Å². The van der Waals surface area contributed by atoms with E-state index in [-0.39, 0.29) is 5.91 Å². The molecule has 1 aliphatic rings. The Kier molecular flexibility index (Phi) is 6.54. The summed E-state index contributed by atoms with van der Waals surface area (Å²) in [7, 11) is 0. The summed E-state index contributed by atoms with van der Waals surface area (Å²) < 4.78 is 7.43. The molecular formula is C22H27N5O2S. The molecule has 158 valence electrons. The molecule has 1 aromatic carbocycles. The van der Waals surface area contributed by atoms with Gasteiger partial charge in [0.15, 0.2) is 16.7 Å². The van der Waals surface area contributed by atoms with Crippen molar-refractivity contribution in [2.75, 3.05) is 31.9 Å². The number of rotatable bonds is 7. The molecule has 2 aromatic heterocycles. The van der Waals surface area contributed by atoms with E-state index in [2.05, 4.69) is 46.3 Å². The molecular weight excluding hydrogens is 398 g/mol. The van der Waals surface area contributed by atoms with E-state index in [9.17, 15) is 4.79 Å². The molecule has 1 aliphatic heterocycles. The van der Waals surface area contributed by atoms with Crippen LogP contribution in [0.15, 0.2) is 52.2 Å². The number of hydrogen-bond acceptors (Lipinski definition) is 6. The standard InChI is InChI=1S/C22H27N5O2S/c1-3-27-21(19-8-5-13-29-19)23-24-22(27)30-16-20(28)26-11-9-25(10-12-26)15-18-7-4-6-17(2)14-18/h4-8,13-14H,3,9-12,15-16H2,1-2H3. The van der Waals surface area contributed by atoms with E-state index in [0.29, 0.717) is 17.3 Å². The lowest BCUT2D eigenvalue weighted by molar-refractivity contribution is -0.130. The Balaban J connectivity index is 1.28. The first-order chi connectivity index (χ1) is 14.6. The Morgan fingerprint density at radius 2 is 1.97 bits per heavy atom. The Morgan fingerprint density at radius 1 is 1.13 bits per heavy atom. The molecule has 0 unspecified atom stereocenters. The molecule has 4 rings (SSSR count). The number of hydrogen-bond donors (Lipinski definition) is 0. The first-order valence-corrected chi connectivity index (χ1v) is 11.3. The van der Waals surface area contributed by atoms with Crippen LogP contribution >= 0.6 is 11.8 Å².